The SMILES string of the molecule is CNC(=S)N(C)N(C)C(N)=S. The van der Waals surface area contributed by atoms with Gasteiger partial charge < -0.3 is 11.1 Å². The molecule has 0 aromatic rings. The van der Waals surface area contributed by atoms with E-state index in [1.807, 2.05) is 0 Å². The molecule has 0 saturated carbocycles. The fraction of sp³-hybridized carbons (Fsp3) is 0.600. The van der Waals surface area contributed by atoms with Gasteiger partial charge in [-0.1, -0.05) is 0 Å². The molecule has 0 heterocycles. The molecule has 0 bridgehead atoms. The van der Waals surface area contributed by atoms with E-state index in [1.165, 1.54) is 0 Å². The van der Waals surface area contributed by atoms with Crippen LogP contribution in [0.3, 0.4) is 0 Å². The first-order chi connectivity index (χ1) is 5.00. The number of nitrogens with two attached hydrogens (primary N) is 1. The Morgan fingerprint density at radius 3 is 2.00 bits per heavy atom. The summed E-state index contributed by atoms with van der Waals surface area (Å²) in [5.41, 5.74) is 5.36. The van der Waals surface area contributed by atoms with Crippen molar-refractivity contribution in [3.8, 4) is 0 Å². The molecular weight excluding hydrogens is 180 g/mol. The Balaban J connectivity index is 4.12. The van der Waals surface area contributed by atoms with E-state index in [0.29, 0.717) is 5.11 Å². The Kier molecular flexibility index (Phi) is 4.06. The molecule has 11 heavy (non-hydrogen) atoms. The van der Waals surface area contributed by atoms with Crippen molar-refractivity contribution in [3.63, 3.8) is 0 Å². The van der Waals surface area contributed by atoms with Gasteiger partial charge in [-0.15, -0.1) is 0 Å². The molecule has 6 heteroatoms. The van der Waals surface area contributed by atoms with Crippen molar-refractivity contribution < 1.29 is 0 Å². The summed E-state index contributed by atoms with van der Waals surface area (Å²) in [6.07, 6.45) is 0. The smallest absolute Gasteiger partial charge is 0.187 e. The zero-order chi connectivity index (χ0) is 9.02. The van der Waals surface area contributed by atoms with Gasteiger partial charge >= 0.3 is 0 Å². The van der Waals surface area contributed by atoms with Crippen molar-refractivity contribution in [1.82, 2.24) is 15.3 Å². The van der Waals surface area contributed by atoms with Crippen molar-refractivity contribution in [2.45, 2.75) is 0 Å². The van der Waals surface area contributed by atoms with Crippen LogP contribution >= 0.6 is 24.4 Å². The van der Waals surface area contributed by atoms with Gasteiger partial charge in [-0.25, -0.2) is 0 Å². The predicted molar refractivity (Wildman–Crippen MR) is 54.0 cm³/mol. The molecule has 0 aromatic carbocycles. The van der Waals surface area contributed by atoms with Gasteiger partial charge in [0.1, 0.15) is 0 Å². The number of hydrogen-bond acceptors (Lipinski definition) is 2. The summed E-state index contributed by atoms with van der Waals surface area (Å²) in [6, 6.07) is 0. The number of hydrogen-bond donors (Lipinski definition) is 2. The Morgan fingerprint density at radius 1 is 1.27 bits per heavy atom. The van der Waals surface area contributed by atoms with E-state index in [-0.39, 0.29) is 5.11 Å². The highest BCUT2D eigenvalue weighted by atomic mass is 32.1. The standard InChI is InChI=1S/C5H12N4S2/c1-7-5(11)9(3)8(2)4(6)10/h1-3H3,(H2,6,10)(H,7,11). The third kappa shape index (κ3) is 2.85. The van der Waals surface area contributed by atoms with Gasteiger partial charge in [-0.05, 0) is 24.4 Å². The summed E-state index contributed by atoms with van der Waals surface area (Å²) in [5.74, 6) is 0. The van der Waals surface area contributed by atoms with Crippen LogP contribution in [0, 0.1) is 0 Å². The van der Waals surface area contributed by atoms with Gasteiger partial charge in [0.15, 0.2) is 10.2 Å². The Morgan fingerprint density at radius 2 is 1.73 bits per heavy atom. The Bertz CT molecular complexity index is 170. The molecule has 0 atom stereocenters. The maximum absolute atomic E-state index is 5.36. The highest BCUT2D eigenvalue weighted by Crippen LogP contribution is 1.90. The molecule has 0 aliphatic carbocycles. The topological polar surface area (TPSA) is 44.5 Å². The molecule has 64 valence electrons. The lowest BCUT2D eigenvalue weighted by atomic mass is 10.8. The van der Waals surface area contributed by atoms with Crippen LogP contribution in [0.5, 0.6) is 0 Å². The predicted octanol–water partition coefficient (Wildman–Crippen LogP) is -0.487. The average Bonchev–Trinajstić information content (AvgIpc) is 2.00. The molecule has 0 amide bonds. The number of nitrogens with one attached hydrogen (secondary N) is 1. The van der Waals surface area contributed by atoms with Crippen LogP contribution in [0.15, 0.2) is 0 Å². The fourth-order valence-electron chi connectivity index (χ4n) is 0.446. The van der Waals surface area contributed by atoms with Gasteiger partial charge in [-0.2, -0.15) is 0 Å². The molecule has 0 saturated heterocycles. The molecule has 3 N–H and O–H groups in total. The Hall–Kier alpha value is -0.620. The summed E-state index contributed by atoms with van der Waals surface area (Å²) in [6.45, 7) is 0. The van der Waals surface area contributed by atoms with Crippen LogP contribution in [-0.4, -0.2) is 41.4 Å². The molecule has 0 radical (unpaired) electrons. The zero-order valence-electron chi connectivity index (χ0n) is 6.79. The summed E-state index contributed by atoms with van der Waals surface area (Å²) < 4.78 is 0. The van der Waals surface area contributed by atoms with E-state index in [2.05, 4.69) is 5.32 Å². The van der Waals surface area contributed by atoms with Crippen molar-refractivity contribution in [3.05, 3.63) is 0 Å². The van der Waals surface area contributed by atoms with Crippen LogP contribution in [0.2, 0.25) is 0 Å². The molecular formula is C5H12N4S2. The van der Waals surface area contributed by atoms with Crippen molar-refractivity contribution in [2.75, 3.05) is 21.1 Å². The number of thiocarbonyl (C=S) groups is 2. The highest BCUT2D eigenvalue weighted by Gasteiger charge is 2.08. The maximum Gasteiger partial charge on any atom is 0.187 e. The summed E-state index contributed by atoms with van der Waals surface area (Å²) in [5, 5.41) is 6.88. The average molecular weight is 192 g/mol. The highest BCUT2D eigenvalue weighted by molar-refractivity contribution is 7.80. The van der Waals surface area contributed by atoms with Crippen LogP contribution in [0.4, 0.5) is 0 Å². The lowest BCUT2D eigenvalue weighted by molar-refractivity contribution is 0.207. The van der Waals surface area contributed by atoms with Crippen molar-refractivity contribution in [1.29, 1.82) is 0 Å². The van der Waals surface area contributed by atoms with E-state index in [1.54, 1.807) is 31.2 Å². The Labute approximate surface area is 77.3 Å². The largest absolute Gasteiger partial charge is 0.375 e. The van der Waals surface area contributed by atoms with Crippen molar-refractivity contribution >= 4 is 34.7 Å². The van der Waals surface area contributed by atoms with Gasteiger partial charge in [0.25, 0.3) is 0 Å². The van der Waals surface area contributed by atoms with Crippen LogP contribution in [-0.2, 0) is 0 Å². The molecule has 0 aliphatic rings. The van der Waals surface area contributed by atoms with E-state index in [9.17, 15) is 0 Å². The molecule has 0 fully saturated rings. The second kappa shape index (κ2) is 4.30. The third-order valence-corrected chi connectivity index (χ3v) is 2.01. The molecule has 4 nitrogen and oxygen atoms in total. The minimum atomic E-state index is 0.283. The van der Waals surface area contributed by atoms with E-state index >= 15 is 0 Å². The first-order valence-corrected chi connectivity index (χ1v) is 3.81. The van der Waals surface area contributed by atoms with Gasteiger partial charge in [-0.3, -0.25) is 10.0 Å². The van der Waals surface area contributed by atoms with E-state index in [4.69, 9.17) is 30.2 Å². The second-order valence-electron chi connectivity index (χ2n) is 1.94. The van der Waals surface area contributed by atoms with Gasteiger partial charge in [0.05, 0.1) is 0 Å². The third-order valence-electron chi connectivity index (χ3n) is 1.28. The molecule has 0 spiro atoms. The first kappa shape index (κ1) is 10.4. The molecule has 0 rings (SSSR count). The van der Waals surface area contributed by atoms with Crippen LogP contribution in [0.25, 0.3) is 0 Å². The normalized spacial score (nSPS) is 8.64. The van der Waals surface area contributed by atoms with Gasteiger partial charge in [0.2, 0.25) is 0 Å². The summed E-state index contributed by atoms with van der Waals surface area (Å²) in [7, 11) is 5.26. The maximum atomic E-state index is 5.36. The first-order valence-electron chi connectivity index (χ1n) is 2.99. The van der Waals surface area contributed by atoms with E-state index in [0.717, 1.165) is 0 Å². The van der Waals surface area contributed by atoms with E-state index < -0.39 is 0 Å². The number of hydrazine groups is 1. The summed E-state index contributed by atoms with van der Waals surface area (Å²) >= 11 is 9.67. The van der Waals surface area contributed by atoms with Crippen molar-refractivity contribution in [2.24, 2.45) is 5.73 Å². The lowest BCUT2D eigenvalue weighted by Crippen LogP contribution is -2.49. The minimum Gasteiger partial charge on any atom is -0.375 e. The van der Waals surface area contributed by atoms with Crippen LogP contribution < -0.4 is 11.1 Å². The molecule has 0 aromatic heterocycles. The lowest BCUT2D eigenvalue weighted by Gasteiger charge is -2.29. The molecule has 0 unspecified atom stereocenters. The second-order valence-corrected chi connectivity index (χ2v) is 2.75. The zero-order valence-corrected chi connectivity index (χ0v) is 8.42. The number of rotatable bonds is 0. The number of nitrogens with zero attached hydrogens (tertiary/aromatic N) is 2. The molecule has 0 aliphatic heterocycles. The quantitative estimate of drug-likeness (QED) is 0.399. The summed E-state index contributed by atoms with van der Waals surface area (Å²) in [4.78, 5) is 0. The van der Waals surface area contributed by atoms with Gasteiger partial charge in [0, 0.05) is 21.1 Å². The fourth-order valence-corrected chi connectivity index (χ4v) is 0.691. The minimum absolute atomic E-state index is 0.283. The van der Waals surface area contributed by atoms with Crippen LogP contribution in [0.1, 0.15) is 0 Å². The monoisotopic (exact) mass is 192 g/mol.